The van der Waals surface area contributed by atoms with E-state index in [1.54, 1.807) is 6.07 Å². The minimum Gasteiger partial charge on any atom is -0.338 e. The van der Waals surface area contributed by atoms with Crippen molar-refractivity contribution in [3.8, 4) is 0 Å². The number of rotatable bonds is 5. The van der Waals surface area contributed by atoms with Crippen LogP contribution in [0.2, 0.25) is 0 Å². The number of aryl methyl sites for hydroxylation is 1. The first-order valence-corrected chi connectivity index (χ1v) is 6.76. The molecule has 0 saturated carbocycles. The average Bonchev–Trinajstić information content (AvgIpc) is 2.75. The zero-order valence-electron chi connectivity index (χ0n) is 11.6. The van der Waals surface area contributed by atoms with Gasteiger partial charge in [0.15, 0.2) is 0 Å². The second-order valence-electron chi connectivity index (χ2n) is 5.27. The van der Waals surface area contributed by atoms with Crippen LogP contribution in [-0.2, 0) is 4.79 Å². The summed E-state index contributed by atoms with van der Waals surface area (Å²) in [4.78, 5) is 13.9. The Morgan fingerprint density at radius 1 is 1.58 bits per heavy atom. The third kappa shape index (κ3) is 4.65. The normalized spacial score (nSPS) is 16.8. The topological polar surface area (TPSA) is 70.4 Å². The maximum absolute atomic E-state index is 11.8. The van der Waals surface area contributed by atoms with Crippen LogP contribution >= 0.6 is 0 Å². The number of amides is 1. The van der Waals surface area contributed by atoms with Gasteiger partial charge in [0.1, 0.15) is 0 Å². The Bertz CT molecular complexity index is 413. The standard InChI is InChI=1S/C13H22N4O2/c1-10-7-13(19-16-10)15-12(18)9-17(2)8-11-3-5-14-6-4-11/h7,11,14H,3-6,8-9H2,1-2H3,(H,15,18). The van der Waals surface area contributed by atoms with E-state index in [1.165, 1.54) is 12.8 Å². The predicted octanol–water partition coefficient (Wildman–Crippen LogP) is 0.853. The minimum atomic E-state index is -0.0624. The van der Waals surface area contributed by atoms with Crippen molar-refractivity contribution in [1.29, 1.82) is 0 Å². The van der Waals surface area contributed by atoms with Gasteiger partial charge in [-0.25, -0.2) is 0 Å². The fourth-order valence-corrected chi connectivity index (χ4v) is 2.41. The molecule has 0 aromatic carbocycles. The lowest BCUT2D eigenvalue weighted by Crippen LogP contribution is -2.37. The van der Waals surface area contributed by atoms with Gasteiger partial charge in [-0.15, -0.1) is 0 Å². The van der Waals surface area contributed by atoms with E-state index in [2.05, 4.69) is 20.7 Å². The quantitative estimate of drug-likeness (QED) is 0.827. The van der Waals surface area contributed by atoms with Crippen molar-refractivity contribution >= 4 is 11.8 Å². The van der Waals surface area contributed by atoms with Crippen LogP contribution in [0.4, 0.5) is 5.88 Å². The summed E-state index contributed by atoms with van der Waals surface area (Å²) >= 11 is 0. The van der Waals surface area contributed by atoms with Crippen molar-refractivity contribution in [2.24, 2.45) is 5.92 Å². The zero-order chi connectivity index (χ0) is 13.7. The summed E-state index contributed by atoms with van der Waals surface area (Å²) in [7, 11) is 1.98. The molecular weight excluding hydrogens is 244 g/mol. The van der Waals surface area contributed by atoms with Crippen molar-refractivity contribution in [2.45, 2.75) is 19.8 Å². The predicted molar refractivity (Wildman–Crippen MR) is 73.0 cm³/mol. The molecule has 106 valence electrons. The fraction of sp³-hybridized carbons (Fsp3) is 0.692. The number of aromatic nitrogens is 1. The highest BCUT2D eigenvalue weighted by atomic mass is 16.5. The first-order valence-electron chi connectivity index (χ1n) is 6.76. The monoisotopic (exact) mass is 266 g/mol. The first kappa shape index (κ1) is 14.0. The summed E-state index contributed by atoms with van der Waals surface area (Å²) in [5.41, 5.74) is 0.762. The lowest BCUT2D eigenvalue weighted by atomic mass is 9.98. The third-order valence-corrected chi connectivity index (χ3v) is 3.33. The van der Waals surface area contributed by atoms with Crippen LogP contribution < -0.4 is 10.6 Å². The summed E-state index contributed by atoms with van der Waals surface area (Å²) in [5, 5.41) is 9.79. The van der Waals surface area contributed by atoms with Crippen LogP contribution in [0.3, 0.4) is 0 Å². The molecular formula is C13H22N4O2. The number of carbonyl (C=O) groups excluding carboxylic acids is 1. The number of hydrogen-bond donors (Lipinski definition) is 2. The van der Waals surface area contributed by atoms with Gasteiger partial charge in [0, 0.05) is 12.6 Å². The summed E-state index contributed by atoms with van der Waals surface area (Å²) < 4.78 is 4.96. The average molecular weight is 266 g/mol. The molecule has 0 aliphatic carbocycles. The van der Waals surface area contributed by atoms with E-state index >= 15 is 0 Å². The number of nitrogens with one attached hydrogen (secondary N) is 2. The molecule has 2 heterocycles. The van der Waals surface area contributed by atoms with Gasteiger partial charge in [-0.3, -0.25) is 15.0 Å². The molecule has 19 heavy (non-hydrogen) atoms. The Morgan fingerprint density at radius 2 is 2.32 bits per heavy atom. The van der Waals surface area contributed by atoms with E-state index in [4.69, 9.17) is 4.52 Å². The molecule has 1 aromatic rings. The molecule has 1 aromatic heterocycles. The Morgan fingerprint density at radius 3 is 2.95 bits per heavy atom. The lowest BCUT2D eigenvalue weighted by Gasteiger charge is -2.27. The van der Waals surface area contributed by atoms with Crippen molar-refractivity contribution in [3.05, 3.63) is 11.8 Å². The van der Waals surface area contributed by atoms with E-state index < -0.39 is 0 Å². The minimum absolute atomic E-state index is 0.0624. The number of likely N-dealkylation sites (N-methyl/N-ethyl adjacent to an activating group) is 1. The highest BCUT2D eigenvalue weighted by molar-refractivity contribution is 5.90. The summed E-state index contributed by atoms with van der Waals surface area (Å²) in [6.45, 7) is 5.33. The first-order chi connectivity index (χ1) is 9.13. The molecule has 1 fully saturated rings. The van der Waals surface area contributed by atoms with Gasteiger partial charge in [-0.1, -0.05) is 5.16 Å². The van der Waals surface area contributed by atoms with Gasteiger partial charge in [0.2, 0.25) is 11.8 Å². The van der Waals surface area contributed by atoms with Crippen molar-refractivity contribution in [1.82, 2.24) is 15.4 Å². The van der Waals surface area contributed by atoms with Crippen LogP contribution in [0.15, 0.2) is 10.6 Å². The summed E-state index contributed by atoms with van der Waals surface area (Å²) in [6.07, 6.45) is 2.38. The molecule has 0 bridgehead atoms. The lowest BCUT2D eigenvalue weighted by molar-refractivity contribution is -0.117. The number of piperidine rings is 1. The third-order valence-electron chi connectivity index (χ3n) is 3.33. The van der Waals surface area contributed by atoms with E-state index in [-0.39, 0.29) is 5.91 Å². The number of anilines is 1. The Kier molecular flexibility index (Phi) is 4.93. The zero-order valence-corrected chi connectivity index (χ0v) is 11.6. The van der Waals surface area contributed by atoms with Gasteiger partial charge in [0.25, 0.3) is 0 Å². The molecule has 6 heteroatoms. The largest absolute Gasteiger partial charge is 0.338 e. The van der Waals surface area contributed by atoms with Crippen LogP contribution in [0.25, 0.3) is 0 Å². The fourth-order valence-electron chi connectivity index (χ4n) is 2.41. The maximum atomic E-state index is 11.8. The number of hydrogen-bond acceptors (Lipinski definition) is 5. The highest BCUT2D eigenvalue weighted by Crippen LogP contribution is 2.13. The summed E-state index contributed by atoms with van der Waals surface area (Å²) in [5.74, 6) is 1.04. The second kappa shape index (κ2) is 6.68. The molecule has 0 unspecified atom stereocenters. The van der Waals surface area contributed by atoms with Gasteiger partial charge in [-0.05, 0) is 45.8 Å². The molecule has 6 nitrogen and oxygen atoms in total. The maximum Gasteiger partial charge on any atom is 0.240 e. The Hall–Kier alpha value is -1.40. The van der Waals surface area contributed by atoms with Crippen LogP contribution in [0, 0.1) is 12.8 Å². The smallest absolute Gasteiger partial charge is 0.240 e. The van der Waals surface area contributed by atoms with Gasteiger partial charge >= 0.3 is 0 Å². The highest BCUT2D eigenvalue weighted by Gasteiger charge is 2.16. The van der Waals surface area contributed by atoms with E-state index in [1.807, 2.05) is 14.0 Å². The Labute approximate surface area is 113 Å². The second-order valence-corrected chi connectivity index (χ2v) is 5.27. The van der Waals surface area contributed by atoms with E-state index in [0.717, 1.165) is 25.3 Å². The summed E-state index contributed by atoms with van der Waals surface area (Å²) in [6, 6.07) is 1.71. The van der Waals surface area contributed by atoms with Crippen LogP contribution in [0.5, 0.6) is 0 Å². The molecule has 0 radical (unpaired) electrons. The van der Waals surface area contributed by atoms with Gasteiger partial charge in [-0.2, -0.15) is 0 Å². The van der Waals surface area contributed by atoms with Gasteiger partial charge < -0.3 is 9.84 Å². The molecule has 1 aliphatic rings. The molecule has 1 saturated heterocycles. The Balaban J connectivity index is 1.71. The van der Waals surface area contributed by atoms with Gasteiger partial charge in [0.05, 0.1) is 12.2 Å². The molecule has 1 amide bonds. The molecule has 0 spiro atoms. The van der Waals surface area contributed by atoms with Crippen LogP contribution in [0.1, 0.15) is 18.5 Å². The van der Waals surface area contributed by atoms with Crippen LogP contribution in [-0.4, -0.2) is 49.2 Å². The van der Waals surface area contributed by atoms with E-state index in [0.29, 0.717) is 18.3 Å². The van der Waals surface area contributed by atoms with Crippen molar-refractivity contribution in [3.63, 3.8) is 0 Å². The SMILES string of the molecule is Cc1cc(NC(=O)CN(C)CC2CCNCC2)on1. The molecule has 0 atom stereocenters. The molecule has 2 rings (SSSR count). The molecule has 1 aliphatic heterocycles. The van der Waals surface area contributed by atoms with Crippen molar-refractivity contribution in [2.75, 3.05) is 38.5 Å². The molecule has 2 N–H and O–H groups in total. The van der Waals surface area contributed by atoms with Crippen molar-refractivity contribution < 1.29 is 9.32 Å². The van der Waals surface area contributed by atoms with E-state index in [9.17, 15) is 4.79 Å². The number of carbonyl (C=O) groups is 1. The number of nitrogens with zero attached hydrogens (tertiary/aromatic N) is 2.